The third-order valence-corrected chi connectivity index (χ3v) is 31.1. The Kier molecular flexibility index (Phi) is 8.18. The Hall–Kier alpha value is 0.488. The van der Waals surface area contributed by atoms with Crippen molar-refractivity contribution in [3.05, 3.63) is 12.3 Å². The lowest BCUT2D eigenvalue weighted by atomic mass is 10.2. The highest BCUT2D eigenvalue weighted by Crippen LogP contribution is 2.56. The molecule has 3 aliphatic rings. The molecule has 0 radical (unpaired) electrons. The maximum absolute atomic E-state index is 7.18. The third-order valence-electron chi connectivity index (χ3n) is 9.01. The van der Waals surface area contributed by atoms with Gasteiger partial charge in [0.15, 0.2) is 8.07 Å². The van der Waals surface area contributed by atoms with E-state index in [4.69, 9.17) is 20.8 Å². The van der Waals surface area contributed by atoms with Crippen LogP contribution in [0.1, 0.15) is 57.8 Å². The predicted octanol–water partition coefficient (Wildman–Crippen LogP) is 4.67. The third kappa shape index (κ3) is 3.49. The van der Waals surface area contributed by atoms with E-state index in [1.165, 1.54) is 57.8 Å². The minimum atomic E-state index is -2.42. The molecule has 0 aliphatic carbocycles. The van der Waals surface area contributed by atoms with Gasteiger partial charge in [0.1, 0.15) is 0 Å². The molecule has 3 fully saturated rings. The van der Waals surface area contributed by atoms with Crippen molar-refractivity contribution in [1.29, 1.82) is 0 Å². The second-order valence-electron chi connectivity index (χ2n) is 11.1. The molecular formula is C23H48O3Si4. The maximum Gasteiger partial charge on any atom is 0.171 e. The van der Waals surface area contributed by atoms with Gasteiger partial charge in [-0.1, -0.05) is 45.0 Å². The van der Waals surface area contributed by atoms with E-state index in [-0.39, 0.29) is 14.5 Å². The van der Waals surface area contributed by atoms with Crippen molar-refractivity contribution in [3.8, 4) is 0 Å². The number of rotatable bonds is 7. The van der Waals surface area contributed by atoms with Crippen LogP contribution in [0, 0.1) is 0 Å². The fourth-order valence-corrected chi connectivity index (χ4v) is 35.2. The lowest BCUT2D eigenvalue weighted by molar-refractivity contribution is -0.0416. The Labute approximate surface area is 192 Å². The van der Waals surface area contributed by atoms with E-state index in [1.54, 1.807) is 0 Å². The zero-order chi connectivity index (χ0) is 22.0. The molecule has 3 unspecified atom stereocenters. The lowest BCUT2D eigenvalue weighted by Gasteiger charge is -2.69. The Balaban J connectivity index is 2.38. The summed E-state index contributed by atoms with van der Waals surface area (Å²) in [6.45, 7) is 22.9. The number of hydrogen-bond acceptors (Lipinski definition) is 3. The monoisotopic (exact) mass is 484 g/mol. The summed E-state index contributed by atoms with van der Waals surface area (Å²) in [6.07, 6.45) is 11.2. The average molecular weight is 485 g/mol. The molecule has 3 rings (SSSR count). The summed E-state index contributed by atoms with van der Waals surface area (Å²) in [5, 5.41) is 0. The van der Waals surface area contributed by atoms with E-state index in [9.17, 15) is 0 Å². The molecule has 0 bridgehead atoms. The Bertz CT molecular complexity index is 501. The van der Waals surface area contributed by atoms with Gasteiger partial charge in [-0.2, -0.15) is 0 Å². The highest BCUT2D eigenvalue weighted by molar-refractivity contribution is 7.11. The minimum Gasteiger partial charge on any atom is -0.381 e. The van der Waals surface area contributed by atoms with Gasteiger partial charge in [-0.25, -0.2) is 0 Å². The molecular weight excluding hydrogens is 437 g/mol. The Morgan fingerprint density at radius 1 is 0.600 bits per heavy atom. The molecule has 30 heavy (non-hydrogen) atoms. The Morgan fingerprint density at radius 3 is 1.07 bits per heavy atom. The summed E-state index contributed by atoms with van der Waals surface area (Å²) in [4.78, 5) is 0.0721. The fourth-order valence-electron chi connectivity index (χ4n) is 7.71. The molecule has 0 saturated carbocycles. The number of ether oxygens (including phenoxy) is 3. The van der Waals surface area contributed by atoms with Gasteiger partial charge in [-0.15, -0.1) is 6.58 Å². The van der Waals surface area contributed by atoms with Gasteiger partial charge in [-0.05, 0) is 57.8 Å². The van der Waals surface area contributed by atoms with E-state index in [0.29, 0.717) is 0 Å². The van der Waals surface area contributed by atoms with Crippen LogP contribution in [0.25, 0.3) is 0 Å². The summed E-state index contributed by atoms with van der Waals surface area (Å²) in [5.41, 5.74) is 2.53. The fraction of sp³-hybridized carbons (Fsp3) is 0.913. The van der Waals surface area contributed by atoms with Crippen molar-refractivity contribution >= 4 is 34.5 Å². The van der Waals surface area contributed by atoms with Gasteiger partial charge in [-0.3, -0.25) is 0 Å². The van der Waals surface area contributed by atoms with Crippen LogP contribution >= 0.6 is 0 Å². The zero-order valence-electron chi connectivity index (χ0n) is 20.7. The molecule has 3 atom stereocenters. The van der Waals surface area contributed by atoms with Gasteiger partial charge in [0.2, 0.25) is 0 Å². The van der Waals surface area contributed by atoms with Gasteiger partial charge in [0.05, 0.1) is 40.9 Å². The van der Waals surface area contributed by atoms with Crippen LogP contribution in [0.3, 0.4) is 0 Å². The quantitative estimate of drug-likeness (QED) is 0.491. The molecule has 0 amide bonds. The second kappa shape index (κ2) is 9.77. The first kappa shape index (κ1) is 25.1. The SMILES string of the molecule is C=C[Si](C1([SiH](C)C)CCCCO1)(C1([SiH](C)C)CCCCO1)C1([SiH](C)C)CCCCO1. The molecule has 3 aliphatic heterocycles. The standard InChI is InChI=1S/C23H48O3Si4/c1-8-30(21(27(2)3)15-9-12-18-24-21,22(28(4)5)16-10-13-19-25-22)23(29(6)7)17-11-14-20-26-23/h8,27-29H,1,9-20H2,2-7H3. The van der Waals surface area contributed by atoms with E-state index in [0.717, 1.165) is 19.8 Å². The summed E-state index contributed by atoms with van der Waals surface area (Å²) in [7, 11) is -5.99. The highest BCUT2D eigenvalue weighted by Gasteiger charge is 2.76. The average Bonchev–Trinajstić information content (AvgIpc) is 2.76. The summed E-state index contributed by atoms with van der Waals surface area (Å²) < 4.78 is 21.5. The van der Waals surface area contributed by atoms with Crippen molar-refractivity contribution in [2.45, 2.75) is 112 Å². The van der Waals surface area contributed by atoms with Crippen LogP contribution < -0.4 is 0 Å². The largest absolute Gasteiger partial charge is 0.381 e. The molecule has 0 aromatic carbocycles. The smallest absolute Gasteiger partial charge is 0.171 e. The van der Waals surface area contributed by atoms with Crippen molar-refractivity contribution < 1.29 is 14.2 Å². The van der Waals surface area contributed by atoms with Crippen LogP contribution in [-0.2, 0) is 14.2 Å². The first-order chi connectivity index (χ1) is 14.3. The van der Waals surface area contributed by atoms with Crippen LogP contribution in [-0.4, -0.2) is 68.8 Å². The Morgan fingerprint density at radius 2 is 0.900 bits per heavy atom. The van der Waals surface area contributed by atoms with Crippen molar-refractivity contribution in [2.24, 2.45) is 0 Å². The molecule has 174 valence electrons. The first-order valence-corrected chi connectivity index (χ1v) is 23.6. The molecule has 3 saturated heterocycles. The van der Waals surface area contributed by atoms with Gasteiger partial charge in [0.25, 0.3) is 0 Å². The molecule has 3 nitrogen and oxygen atoms in total. The first-order valence-electron chi connectivity index (χ1n) is 12.8. The molecule has 7 heteroatoms. The van der Waals surface area contributed by atoms with Gasteiger partial charge >= 0.3 is 0 Å². The molecule has 0 N–H and O–H groups in total. The van der Waals surface area contributed by atoms with Gasteiger partial charge in [0, 0.05) is 19.8 Å². The normalized spacial score (nSPS) is 38.0. The molecule has 0 spiro atoms. The van der Waals surface area contributed by atoms with Crippen molar-refractivity contribution in [3.63, 3.8) is 0 Å². The summed E-state index contributed by atoms with van der Waals surface area (Å²) in [5.74, 6) is 0. The van der Waals surface area contributed by atoms with Gasteiger partial charge < -0.3 is 14.2 Å². The summed E-state index contributed by atoms with van der Waals surface area (Å²) in [6, 6.07) is 0. The van der Waals surface area contributed by atoms with E-state index in [2.05, 4.69) is 45.0 Å². The predicted molar refractivity (Wildman–Crippen MR) is 140 cm³/mol. The van der Waals surface area contributed by atoms with Crippen LogP contribution in [0.15, 0.2) is 12.3 Å². The van der Waals surface area contributed by atoms with Crippen LogP contribution in [0.5, 0.6) is 0 Å². The summed E-state index contributed by atoms with van der Waals surface area (Å²) >= 11 is 0. The molecule has 3 heterocycles. The zero-order valence-corrected chi connectivity index (χ0v) is 25.2. The minimum absolute atomic E-state index is 0.0240. The van der Waals surface area contributed by atoms with Crippen molar-refractivity contribution in [1.82, 2.24) is 0 Å². The van der Waals surface area contributed by atoms with E-state index >= 15 is 0 Å². The highest BCUT2D eigenvalue weighted by atomic mass is 28.4. The van der Waals surface area contributed by atoms with E-state index < -0.39 is 34.5 Å². The second-order valence-corrected chi connectivity index (χ2v) is 27.1. The molecule has 0 aromatic rings. The lowest BCUT2D eigenvalue weighted by Crippen LogP contribution is -2.91. The number of hydrogen-bond donors (Lipinski definition) is 0. The van der Waals surface area contributed by atoms with Crippen LogP contribution in [0.4, 0.5) is 0 Å². The van der Waals surface area contributed by atoms with Crippen molar-refractivity contribution in [2.75, 3.05) is 19.8 Å². The van der Waals surface area contributed by atoms with Crippen LogP contribution in [0.2, 0.25) is 39.3 Å². The molecule has 0 aromatic heterocycles. The topological polar surface area (TPSA) is 27.7 Å². The maximum atomic E-state index is 7.18. The van der Waals surface area contributed by atoms with E-state index in [1.807, 2.05) is 0 Å².